The van der Waals surface area contributed by atoms with E-state index >= 15 is 0 Å². The number of nitrogens with zero attached hydrogens (tertiary/aromatic N) is 1. The Morgan fingerprint density at radius 2 is 1.64 bits per heavy atom. The summed E-state index contributed by atoms with van der Waals surface area (Å²) in [5, 5.41) is 0. The zero-order chi connectivity index (χ0) is 21.0. The van der Waals surface area contributed by atoms with Crippen molar-refractivity contribution < 1.29 is 18.8 Å². The number of carbonyl (C=O) groups excluding carboxylic acids is 1. The molecule has 0 aliphatic carbocycles. The van der Waals surface area contributed by atoms with Crippen molar-refractivity contribution in [1.82, 2.24) is 4.90 Å². The molecule has 2 rings (SSSR count). The molecule has 5 nitrogen and oxygen atoms in total. The molecule has 162 valence electrons. The number of carbonyl (C=O) groups is 1. The van der Waals surface area contributed by atoms with Gasteiger partial charge in [0.1, 0.15) is 5.60 Å². The van der Waals surface area contributed by atoms with Crippen LogP contribution in [-0.4, -0.2) is 54.4 Å². The largest absolute Gasteiger partial charge is 0.460 e. The number of likely N-dealkylation sites (tertiary alicyclic amines) is 1. The number of hydrogen-bond donors (Lipinski definition) is 0. The molecule has 2 aliphatic rings. The summed E-state index contributed by atoms with van der Waals surface area (Å²) in [5.74, 6) is 0.250. The molecule has 0 radical (unpaired) electrons. The Hall–Kier alpha value is -0.585. The molecule has 0 aromatic heterocycles. The van der Waals surface area contributed by atoms with Crippen molar-refractivity contribution in [2.45, 2.75) is 110 Å². The second kappa shape index (κ2) is 9.48. The molecule has 2 heterocycles. The number of piperidine rings is 1. The minimum Gasteiger partial charge on any atom is -0.460 e. The van der Waals surface area contributed by atoms with Crippen LogP contribution in [0, 0.1) is 5.92 Å². The van der Waals surface area contributed by atoms with Crippen LogP contribution in [0.25, 0.3) is 0 Å². The van der Waals surface area contributed by atoms with Gasteiger partial charge in [-0.25, -0.2) is 0 Å². The molecule has 1 unspecified atom stereocenters. The van der Waals surface area contributed by atoms with Crippen LogP contribution >= 0.6 is 0 Å². The van der Waals surface area contributed by atoms with Crippen LogP contribution in [0.2, 0.25) is 6.32 Å². The summed E-state index contributed by atoms with van der Waals surface area (Å²) in [4.78, 5) is 14.9. The zero-order valence-electron chi connectivity index (χ0n) is 19.3. The summed E-state index contributed by atoms with van der Waals surface area (Å²) in [6.45, 7) is 17.5. The number of esters is 1. The molecule has 0 aromatic rings. The number of ether oxygens (including phenoxy) is 1. The van der Waals surface area contributed by atoms with Gasteiger partial charge in [0, 0.05) is 13.0 Å². The van der Waals surface area contributed by atoms with Crippen molar-refractivity contribution >= 4 is 13.1 Å². The van der Waals surface area contributed by atoms with Gasteiger partial charge in [0.05, 0.1) is 11.2 Å². The van der Waals surface area contributed by atoms with Crippen molar-refractivity contribution in [3.63, 3.8) is 0 Å². The molecule has 0 aromatic carbocycles. The standard InChI is InChI=1S/C22H42BNO4/c1-20(2,3)26-19(25)16-18(17-24-14-9-8-10-15-24)12-11-13-23-27-21(4,5)22(6,7)28-23/h18H,8-17H2,1-7H3. The maximum Gasteiger partial charge on any atom is 0.457 e. The van der Waals surface area contributed by atoms with Gasteiger partial charge >= 0.3 is 13.1 Å². The molecule has 2 saturated heterocycles. The molecule has 0 spiro atoms. The molecule has 1 atom stereocenters. The average Bonchev–Trinajstić information content (AvgIpc) is 2.73. The lowest BCUT2D eigenvalue weighted by molar-refractivity contribution is -0.156. The first-order valence-electron chi connectivity index (χ1n) is 11.2. The highest BCUT2D eigenvalue weighted by Crippen LogP contribution is 2.38. The summed E-state index contributed by atoms with van der Waals surface area (Å²) in [5.41, 5.74) is -0.974. The lowest BCUT2D eigenvalue weighted by atomic mass is 9.80. The van der Waals surface area contributed by atoms with E-state index in [1.807, 2.05) is 20.8 Å². The van der Waals surface area contributed by atoms with Crippen molar-refractivity contribution in [2.24, 2.45) is 5.92 Å². The predicted octanol–water partition coefficient (Wildman–Crippen LogP) is 4.69. The van der Waals surface area contributed by atoms with E-state index in [9.17, 15) is 4.79 Å². The monoisotopic (exact) mass is 395 g/mol. The molecule has 0 N–H and O–H groups in total. The van der Waals surface area contributed by atoms with E-state index < -0.39 is 5.60 Å². The van der Waals surface area contributed by atoms with E-state index in [0.29, 0.717) is 12.3 Å². The third-order valence-corrected chi connectivity index (χ3v) is 6.19. The predicted molar refractivity (Wildman–Crippen MR) is 114 cm³/mol. The van der Waals surface area contributed by atoms with E-state index in [4.69, 9.17) is 14.0 Å². The summed E-state index contributed by atoms with van der Waals surface area (Å²) in [6.07, 6.45) is 7.24. The first-order valence-corrected chi connectivity index (χ1v) is 11.2. The topological polar surface area (TPSA) is 48.0 Å². The Kier molecular flexibility index (Phi) is 8.02. The molecule has 0 saturated carbocycles. The Labute approximate surface area is 173 Å². The van der Waals surface area contributed by atoms with E-state index in [-0.39, 0.29) is 24.3 Å². The van der Waals surface area contributed by atoms with Gasteiger partial charge in [-0.15, -0.1) is 0 Å². The fourth-order valence-electron chi connectivity index (χ4n) is 4.04. The molecule has 0 amide bonds. The molecular weight excluding hydrogens is 353 g/mol. The van der Waals surface area contributed by atoms with E-state index in [1.165, 1.54) is 19.3 Å². The maximum atomic E-state index is 12.4. The first kappa shape index (κ1) is 23.7. The van der Waals surface area contributed by atoms with Crippen molar-refractivity contribution in [2.75, 3.05) is 19.6 Å². The Morgan fingerprint density at radius 3 is 2.18 bits per heavy atom. The van der Waals surface area contributed by atoms with E-state index in [2.05, 4.69) is 32.6 Å². The van der Waals surface area contributed by atoms with Crippen LogP contribution in [-0.2, 0) is 18.8 Å². The van der Waals surface area contributed by atoms with Crippen molar-refractivity contribution in [1.29, 1.82) is 0 Å². The summed E-state index contributed by atoms with van der Waals surface area (Å²) in [7, 11) is -0.151. The van der Waals surface area contributed by atoms with Crippen LogP contribution in [0.15, 0.2) is 0 Å². The normalized spacial score (nSPS) is 23.6. The van der Waals surface area contributed by atoms with Crippen molar-refractivity contribution in [3.05, 3.63) is 0 Å². The minimum atomic E-state index is -0.421. The molecule has 6 heteroatoms. The number of rotatable bonds is 8. The highest BCUT2D eigenvalue weighted by molar-refractivity contribution is 6.45. The van der Waals surface area contributed by atoms with Crippen LogP contribution in [0.4, 0.5) is 0 Å². The van der Waals surface area contributed by atoms with Crippen LogP contribution in [0.1, 0.15) is 87.0 Å². The SMILES string of the molecule is CC(C)(C)OC(=O)CC(CCCB1OC(C)(C)C(C)(C)O1)CN1CCCCC1. The molecule has 2 fully saturated rings. The van der Waals surface area contributed by atoms with Gasteiger partial charge in [-0.3, -0.25) is 4.79 Å². The van der Waals surface area contributed by atoms with Gasteiger partial charge in [-0.1, -0.05) is 12.8 Å². The lowest BCUT2D eigenvalue weighted by Gasteiger charge is -2.32. The molecule has 0 bridgehead atoms. The fraction of sp³-hybridized carbons (Fsp3) is 0.955. The number of hydrogen-bond acceptors (Lipinski definition) is 5. The highest BCUT2D eigenvalue weighted by atomic mass is 16.7. The van der Waals surface area contributed by atoms with Gasteiger partial charge in [-0.05, 0) is 93.1 Å². The zero-order valence-corrected chi connectivity index (χ0v) is 19.3. The van der Waals surface area contributed by atoms with Crippen LogP contribution in [0.5, 0.6) is 0 Å². The van der Waals surface area contributed by atoms with E-state index in [1.54, 1.807) is 0 Å². The second-order valence-corrected chi connectivity index (χ2v) is 10.6. The van der Waals surface area contributed by atoms with E-state index in [0.717, 1.165) is 38.8 Å². The molecule has 28 heavy (non-hydrogen) atoms. The van der Waals surface area contributed by atoms with Gasteiger partial charge < -0.3 is 18.9 Å². The lowest BCUT2D eigenvalue weighted by Crippen LogP contribution is -2.41. The second-order valence-electron chi connectivity index (χ2n) is 10.6. The Bertz CT molecular complexity index is 493. The van der Waals surface area contributed by atoms with Gasteiger partial charge in [0.15, 0.2) is 0 Å². The van der Waals surface area contributed by atoms with Gasteiger partial charge in [0.25, 0.3) is 0 Å². The smallest absolute Gasteiger partial charge is 0.457 e. The maximum absolute atomic E-state index is 12.4. The van der Waals surface area contributed by atoms with Crippen molar-refractivity contribution in [3.8, 4) is 0 Å². The Balaban J connectivity index is 1.85. The average molecular weight is 395 g/mol. The summed E-state index contributed by atoms with van der Waals surface area (Å²) >= 11 is 0. The fourth-order valence-corrected chi connectivity index (χ4v) is 4.04. The third kappa shape index (κ3) is 7.35. The molecule has 2 aliphatic heterocycles. The summed E-state index contributed by atoms with van der Waals surface area (Å²) < 4.78 is 17.8. The highest BCUT2D eigenvalue weighted by Gasteiger charge is 2.50. The van der Waals surface area contributed by atoms with Gasteiger partial charge in [-0.2, -0.15) is 0 Å². The van der Waals surface area contributed by atoms with Crippen LogP contribution < -0.4 is 0 Å². The first-order chi connectivity index (χ1) is 12.9. The Morgan fingerprint density at radius 1 is 1.07 bits per heavy atom. The minimum absolute atomic E-state index is 0.0786. The quantitative estimate of drug-likeness (QED) is 0.441. The van der Waals surface area contributed by atoms with Gasteiger partial charge in [0.2, 0.25) is 0 Å². The summed E-state index contributed by atoms with van der Waals surface area (Å²) in [6, 6.07) is 0. The third-order valence-electron chi connectivity index (χ3n) is 6.19. The molecular formula is C22H42BNO4. The van der Waals surface area contributed by atoms with Crippen LogP contribution in [0.3, 0.4) is 0 Å².